The molecule has 0 radical (unpaired) electrons. The molecule has 0 saturated carbocycles. The fourth-order valence-electron chi connectivity index (χ4n) is 2.57. The maximum Gasteiger partial charge on any atom is 0.307 e. The van der Waals surface area contributed by atoms with Gasteiger partial charge in [0, 0.05) is 11.8 Å². The van der Waals surface area contributed by atoms with Gasteiger partial charge in [-0.25, -0.2) is 5.43 Å². The van der Waals surface area contributed by atoms with E-state index in [1.165, 1.54) is 27.5 Å². The largest absolute Gasteiger partial charge is 0.493 e. The van der Waals surface area contributed by atoms with Gasteiger partial charge in [0.25, 0.3) is 0 Å². The zero-order valence-electron chi connectivity index (χ0n) is 16.0. The van der Waals surface area contributed by atoms with Gasteiger partial charge in [0.15, 0.2) is 17.3 Å². The molecule has 0 saturated heterocycles. The molecule has 1 aromatic carbocycles. The van der Waals surface area contributed by atoms with Crippen LogP contribution in [0, 0.1) is 0 Å². The van der Waals surface area contributed by atoms with Crippen molar-refractivity contribution in [3.05, 3.63) is 58.2 Å². The summed E-state index contributed by atoms with van der Waals surface area (Å²) in [6, 6.07) is 6.72. The third-order valence-electron chi connectivity index (χ3n) is 3.87. The van der Waals surface area contributed by atoms with Gasteiger partial charge in [0.2, 0.25) is 5.75 Å². The van der Waals surface area contributed by atoms with Crippen molar-refractivity contribution in [1.29, 1.82) is 0 Å². The highest BCUT2D eigenvalue weighted by Gasteiger charge is 2.13. The van der Waals surface area contributed by atoms with E-state index in [0.717, 1.165) is 4.47 Å². The first-order valence-corrected chi connectivity index (χ1v) is 9.23. The lowest BCUT2D eigenvalue weighted by Crippen LogP contribution is -2.16. The number of methoxy groups -OCH3 is 3. The van der Waals surface area contributed by atoms with E-state index in [9.17, 15) is 4.79 Å². The summed E-state index contributed by atoms with van der Waals surface area (Å²) < 4.78 is 24.0. The van der Waals surface area contributed by atoms with Crippen molar-refractivity contribution in [2.24, 2.45) is 5.10 Å². The Morgan fingerprint density at radius 2 is 1.97 bits per heavy atom. The van der Waals surface area contributed by atoms with Crippen LogP contribution in [0.4, 0.5) is 0 Å². The summed E-state index contributed by atoms with van der Waals surface area (Å²) in [5.41, 5.74) is 3.08. The number of carbonyl (C=O) groups excluding carboxylic acids is 1. The third-order valence-corrected chi connectivity index (χ3v) is 4.28. The van der Waals surface area contributed by atoms with Crippen LogP contribution in [0.15, 0.2) is 50.7 Å². The molecule has 1 amide bonds. The molecule has 2 aromatic heterocycles. The van der Waals surface area contributed by atoms with E-state index >= 15 is 0 Å². The quantitative estimate of drug-likeness (QED) is 0.407. The number of rotatable bonds is 8. The minimum absolute atomic E-state index is 0.147. The average Bonchev–Trinajstić information content (AvgIpc) is 3.36. The van der Waals surface area contributed by atoms with Crippen molar-refractivity contribution in [2.75, 3.05) is 21.3 Å². The van der Waals surface area contributed by atoms with E-state index in [0.29, 0.717) is 35.1 Å². The number of hydrogen-bond donors (Lipinski definition) is 1. The molecule has 0 spiro atoms. The highest BCUT2D eigenvalue weighted by Crippen LogP contribution is 2.37. The summed E-state index contributed by atoms with van der Waals surface area (Å²) in [6.07, 6.45) is 4.95. The average molecular weight is 463 g/mol. The van der Waals surface area contributed by atoms with Crippen LogP contribution in [0.1, 0.15) is 21.9 Å². The molecule has 3 aromatic rings. The number of nitrogens with one attached hydrogen (secondary N) is 1. The van der Waals surface area contributed by atoms with Crippen LogP contribution in [0.3, 0.4) is 0 Å². The normalized spacial score (nSPS) is 10.9. The standard InChI is InChI=1S/C19H19BrN4O5/c1-26-16-6-12(7-17(27-2)18(16)28-3)8-21-23-19(25)15-5-4-14(29-15)11-24-10-13(20)9-22-24/h4-10H,11H2,1-3H3,(H,23,25)/b21-8-. The minimum atomic E-state index is -0.471. The number of carbonyl (C=O) groups is 1. The van der Waals surface area contributed by atoms with Crippen molar-refractivity contribution >= 4 is 28.1 Å². The Balaban J connectivity index is 1.65. The molecule has 10 heteroatoms. The topological polar surface area (TPSA) is 100 Å². The Bertz CT molecular complexity index is 1000. The number of ether oxygens (including phenoxy) is 3. The van der Waals surface area contributed by atoms with Gasteiger partial charge < -0.3 is 18.6 Å². The lowest BCUT2D eigenvalue weighted by Gasteiger charge is -2.12. The summed E-state index contributed by atoms with van der Waals surface area (Å²) in [5, 5.41) is 8.11. The van der Waals surface area contributed by atoms with Gasteiger partial charge in [-0.15, -0.1) is 0 Å². The highest BCUT2D eigenvalue weighted by molar-refractivity contribution is 9.10. The minimum Gasteiger partial charge on any atom is -0.493 e. The molecular weight excluding hydrogens is 444 g/mol. The molecule has 3 rings (SSSR count). The Morgan fingerprint density at radius 3 is 2.55 bits per heavy atom. The number of amides is 1. The molecule has 152 valence electrons. The molecule has 29 heavy (non-hydrogen) atoms. The Hall–Kier alpha value is -3.27. The van der Waals surface area contributed by atoms with E-state index in [1.54, 1.807) is 35.1 Å². The van der Waals surface area contributed by atoms with Gasteiger partial charge in [-0.1, -0.05) is 0 Å². The first kappa shape index (κ1) is 20.5. The molecule has 0 fully saturated rings. The number of hydrogen-bond acceptors (Lipinski definition) is 7. The number of halogens is 1. The molecule has 0 aliphatic carbocycles. The van der Waals surface area contributed by atoms with Gasteiger partial charge in [0.1, 0.15) is 5.76 Å². The fourth-order valence-corrected chi connectivity index (χ4v) is 2.89. The number of furan rings is 1. The molecule has 2 heterocycles. The number of aromatic nitrogens is 2. The van der Waals surface area contributed by atoms with Crippen LogP contribution < -0.4 is 19.6 Å². The van der Waals surface area contributed by atoms with E-state index < -0.39 is 5.91 Å². The highest BCUT2D eigenvalue weighted by atomic mass is 79.9. The van der Waals surface area contributed by atoms with Crippen molar-refractivity contribution < 1.29 is 23.4 Å². The Kier molecular flexibility index (Phi) is 6.55. The molecule has 0 atom stereocenters. The predicted molar refractivity (Wildman–Crippen MR) is 109 cm³/mol. The maximum absolute atomic E-state index is 12.2. The monoisotopic (exact) mass is 462 g/mol. The summed E-state index contributed by atoms with van der Waals surface area (Å²) in [7, 11) is 4.57. The smallest absolute Gasteiger partial charge is 0.307 e. The number of hydrazone groups is 1. The van der Waals surface area contributed by atoms with Crippen LogP contribution in [-0.2, 0) is 6.54 Å². The first-order chi connectivity index (χ1) is 14.0. The van der Waals surface area contributed by atoms with E-state index in [-0.39, 0.29) is 5.76 Å². The van der Waals surface area contributed by atoms with E-state index in [4.69, 9.17) is 18.6 Å². The zero-order chi connectivity index (χ0) is 20.8. The summed E-state index contributed by atoms with van der Waals surface area (Å²) in [6.45, 7) is 0.410. The second-order valence-electron chi connectivity index (χ2n) is 5.78. The third kappa shape index (κ3) is 4.96. The van der Waals surface area contributed by atoms with Gasteiger partial charge in [-0.3, -0.25) is 9.48 Å². The molecule has 1 N–H and O–H groups in total. The van der Waals surface area contributed by atoms with E-state index in [1.807, 2.05) is 6.20 Å². The van der Waals surface area contributed by atoms with Crippen molar-refractivity contribution in [2.45, 2.75) is 6.54 Å². The van der Waals surface area contributed by atoms with Gasteiger partial charge in [-0.2, -0.15) is 10.2 Å². The summed E-state index contributed by atoms with van der Waals surface area (Å²) in [4.78, 5) is 12.2. The van der Waals surface area contributed by atoms with Crippen LogP contribution in [-0.4, -0.2) is 43.2 Å². The van der Waals surface area contributed by atoms with Crippen LogP contribution in [0.2, 0.25) is 0 Å². The molecule has 0 aliphatic rings. The Morgan fingerprint density at radius 1 is 1.24 bits per heavy atom. The fraction of sp³-hybridized carbons (Fsp3) is 0.211. The maximum atomic E-state index is 12.2. The van der Waals surface area contributed by atoms with Crippen LogP contribution >= 0.6 is 15.9 Å². The number of nitrogens with zero attached hydrogens (tertiary/aromatic N) is 3. The summed E-state index contributed by atoms with van der Waals surface area (Å²) in [5.74, 6) is 1.72. The van der Waals surface area contributed by atoms with Gasteiger partial charge >= 0.3 is 5.91 Å². The zero-order valence-corrected chi connectivity index (χ0v) is 17.6. The van der Waals surface area contributed by atoms with Crippen molar-refractivity contribution in [1.82, 2.24) is 15.2 Å². The van der Waals surface area contributed by atoms with Gasteiger partial charge in [-0.05, 0) is 40.2 Å². The van der Waals surface area contributed by atoms with Crippen LogP contribution in [0.25, 0.3) is 0 Å². The second kappa shape index (κ2) is 9.28. The summed E-state index contributed by atoms with van der Waals surface area (Å²) >= 11 is 3.33. The number of benzene rings is 1. The SMILES string of the molecule is COc1cc(/C=N\NC(=O)c2ccc(Cn3cc(Br)cn3)o2)cc(OC)c1OC. The van der Waals surface area contributed by atoms with Gasteiger partial charge in [0.05, 0.1) is 44.8 Å². The predicted octanol–water partition coefficient (Wildman–Crippen LogP) is 3.08. The molecule has 0 bridgehead atoms. The lowest BCUT2D eigenvalue weighted by atomic mass is 10.2. The molecular formula is C19H19BrN4O5. The molecule has 9 nitrogen and oxygen atoms in total. The van der Waals surface area contributed by atoms with Crippen molar-refractivity contribution in [3.63, 3.8) is 0 Å². The molecule has 0 aliphatic heterocycles. The Labute approximate surface area is 175 Å². The lowest BCUT2D eigenvalue weighted by molar-refractivity contribution is 0.0925. The van der Waals surface area contributed by atoms with Crippen molar-refractivity contribution in [3.8, 4) is 17.2 Å². The van der Waals surface area contributed by atoms with Crippen LogP contribution in [0.5, 0.6) is 17.2 Å². The molecule has 0 unspecified atom stereocenters. The second-order valence-corrected chi connectivity index (χ2v) is 6.70. The van der Waals surface area contributed by atoms with E-state index in [2.05, 4.69) is 31.6 Å². The first-order valence-electron chi connectivity index (χ1n) is 8.44.